The van der Waals surface area contributed by atoms with Crippen LogP contribution in [0.5, 0.6) is 0 Å². The minimum atomic E-state index is 0.447. The fraction of sp³-hybridized carbons (Fsp3) is 0.765. The summed E-state index contributed by atoms with van der Waals surface area (Å²) in [7, 11) is 0. The summed E-state index contributed by atoms with van der Waals surface area (Å²) < 4.78 is 0. The number of hydrogen-bond acceptors (Lipinski definition) is 4. The van der Waals surface area contributed by atoms with Gasteiger partial charge in [0, 0.05) is 24.1 Å². The van der Waals surface area contributed by atoms with Crippen molar-refractivity contribution in [2.45, 2.75) is 72.3 Å². The molecule has 1 aromatic rings. The maximum atomic E-state index is 4.78. The zero-order valence-corrected chi connectivity index (χ0v) is 14.2. The van der Waals surface area contributed by atoms with Crippen molar-refractivity contribution in [2.75, 3.05) is 17.2 Å². The van der Waals surface area contributed by atoms with Gasteiger partial charge in [-0.3, -0.25) is 0 Å². The quantitative estimate of drug-likeness (QED) is 0.748. The number of nitrogens with one attached hydrogen (secondary N) is 2. The monoisotopic (exact) mass is 290 g/mol. The lowest BCUT2D eigenvalue weighted by atomic mass is 10.0. The highest BCUT2D eigenvalue weighted by Crippen LogP contribution is 2.39. The van der Waals surface area contributed by atoms with E-state index in [0.717, 1.165) is 35.5 Å². The predicted octanol–water partition coefficient (Wildman–Crippen LogP) is 4.33. The molecule has 1 aliphatic rings. The molecular weight excluding hydrogens is 260 g/mol. The van der Waals surface area contributed by atoms with Gasteiger partial charge in [0.15, 0.2) is 0 Å². The standard InChI is InChI=1S/C17H30N4/c1-6-18-15-13(5)16(19-12(4)8-7-11(2)3)21-17(20-15)14-9-10-14/h11-12,14H,6-10H2,1-5H3,(H2,18,19,20,21). The van der Waals surface area contributed by atoms with Crippen LogP contribution in [0.3, 0.4) is 0 Å². The van der Waals surface area contributed by atoms with Gasteiger partial charge in [-0.25, -0.2) is 9.97 Å². The number of rotatable bonds is 8. The minimum absolute atomic E-state index is 0.447. The first-order valence-corrected chi connectivity index (χ1v) is 8.40. The predicted molar refractivity (Wildman–Crippen MR) is 90.1 cm³/mol. The van der Waals surface area contributed by atoms with Crippen LogP contribution in [0.2, 0.25) is 0 Å². The Hall–Kier alpha value is -1.32. The molecule has 0 spiro atoms. The van der Waals surface area contributed by atoms with E-state index in [1.165, 1.54) is 25.7 Å². The molecular formula is C17H30N4. The Labute approximate surface area is 129 Å². The molecule has 0 bridgehead atoms. The minimum Gasteiger partial charge on any atom is -0.370 e. The third-order valence-corrected chi connectivity index (χ3v) is 4.01. The van der Waals surface area contributed by atoms with Crippen LogP contribution < -0.4 is 10.6 Å². The van der Waals surface area contributed by atoms with Gasteiger partial charge in [-0.15, -0.1) is 0 Å². The summed E-state index contributed by atoms with van der Waals surface area (Å²) in [6, 6.07) is 0.447. The maximum Gasteiger partial charge on any atom is 0.136 e. The van der Waals surface area contributed by atoms with Crippen LogP contribution in [-0.2, 0) is 0 Å². The Bertz CT molecular complexity index is 466. The zero-order chi connectivity index (χ0) is 15.4. The lowest BCUT2D eigenvalue weighted by Gasteiger charge is -2.19. The highest BCUT2D eigenvalue weighted by molar-refractivity contribution is 5.58. The van der Waals surface area contributed by atoms with Crippen LogP contribution in [0.25, 0.3) is 0 Å². The first-order valence-electron chi connectivity index (χ1n) is 8.40. The summed E-state index contributed by atoms with van der Waals surface area (Å²) in [5.41, 5.74) is 1.14. The van der Waals surface area contributed by atoms with Gasteiger partial charge in [0.2, 0.25) is 0 Å². The van der Waals surface area contributed by atoms with E-state index >= 15 is 0 Å². The second kappa shape index (κ2) is 7.10. The molecule has 0 saturated heterocycles. The van der Waals surface area contributed by atoms with Crippen molar-refractivity contribution in [2.24, 2.45) is 5.92 Å². The van der Waals surface area contributed by atoms with E-state index in [9.17, 15) is 0 Å². The molecule has 1 heterocycles. The molecule has 1 unspecified atom stereocenters. The van der Waals surface area contributed by atoms with Crippen molar-refractivity contribution < 1.29 is 0 Å². The van der Waals surface area contributed by atoms with Crippen molar-refractivity contribution in [3.63, 3.8) is 0 Å². The van der Waals surface area contributed by atoms with E-state index in [2.05, 4.69) is 45.3 Å². The average molecular weight is 290 g/mol. The summed E-state index contributed by atoms with van der Waals surface area (Å²) >= 11 is 0. The number of nitrogens with zero attached hydrogens (tertiary/aromatic N) is 2. The van der Waals surface area contributed by atoms with E-state index in [1.807, 2.05) is 0 Å². The molecule has 0 aromatic carbocycles. The molecule has 0 amide bonds. The fourth-order valence-electron chi connectivity index (χ4n) is 2.43. The molecule has 4 heteroatoms. The lowest BCUT2D eigenvalue weighted by Crippen LogP contribution is -2.19. The van der Waals surface area contributed by atoms with Gasteiger partial charge in [0.05, 0.1) is 0 Å². The van der Waals surface area contributed by atoms with Crippen molar-refractivity contribution in [3.05, 3.63) is 11.4 Å². The van der Waals surface area contributed by atoms with E-state index in [0.29, 0.717) is 12.0 Å². The molecule has 1 fully saturated rings. The van der Waals surface area contributed by atoms with Crippen molar-refractivity contribution in [1.82, 2.24) is 9.97 Å². The van der Waals surface area contributed by atoms with Gasteiger partial charge in [0.1, 0.15) is 17.5 Å². The molecule has 118 valence electrons. The third kappa shape index (κ3) is 4.58. The first kappa shape index (κ1) is 16.1. The molecule has 1 aliphatic carbocycles. The van der Waals surface area contributed by atoms with Crippen LogP contribution in [0.4, 0.5) is 11.6 Å². The second-order valence-electron chi connectivity index (χ2n) is 6.73. The van der Waals surface area contributed by atoms with E-state index < -0.39 is 0 Å². The van der Waals surface area contributed by atoms with Crippen LogP contribution in [0, 0.1) is 12.8 Å². The summed E-state index contributed by atoms with van der Waals surface area (Å²) in [4.78, 5) is 9.49. The average Bonchev–Trinajstić information content (AvgIpc) is 3.25. The Balaban J connectivity index is 2.12. The topological polar surface area (TPSA) is 49.8 Å². The van der Waals surface area contributed by atoms with Gasteiger partial charge in [-0.1, -0.05) is 13.8 Å². The van der Waals surface area contributed by atoms with Crippen LogP contribution in [0.15, 0.2) is 0 Å². The highest BCUT2D eigenvalue weighted by Gasteiger charge is 2.28. The number of aromatic nitrogens is 2. The smallest absolute Gasteiger partial charge is 0.136 e. The first-order chi connectivity index (χ1) is 10.0. The van der Waals surface area contributed by atoms with Crippen LogP contribution in [0.1, 0.15) is 70.7 Å². The van der Waals surface area contributed by atoms with E-state index in [-0.39, 0.29) is 0 Å². The van der Waals surface area contributed by atoms with Crippen molar-refractivity contribution in [3.8, 4) is 0 Å². The zero-order valence-electron chi connectivity index (χ0n) is 14.2. The van der Waals surface area contributed by atoms with Crippen molar-refractivity contribution in [1.29, 1.82) is 0 Å². The van der Waals surface area contributed by atoms with Crippen molar-refractivity contribution >= 4 is 11.6 Å². The third-order valence-electron chi connectivity index (χ3n) is 4.01. The molecule has 4 nitrogen and oxygen atoms in total. The Morgan fingerprint density at radius 2 is 1.76 bits per heavy atom. The normalized spacial score (nSPS) is 16.1. The van der Waals surface area contributed by atoms with Gasteiger partial charge < -0.3 is 10.6 Å². The van der Waals surface area contributed by atoms with Gasteiger partial charge in [-0.2, -0.15) is 0 Å². The SMILES string of the molecule is CCNc1nc(C2CC2)nc(NC(C)CCC(C)C)c1C. The fourth-order valence-corrected chi connectivity index (χ4v) is 2.43. The Kier molecular flexibility index (Phi) is 5.43. The number of anilines is 2. The molecule has 1 aromatic heterocycles. The second-order valence-corrected chi connectivity index (χ2v) is 6.73. The molecule has 0 radical (unpaired) electrons. The summed E-state index contributed by atoms with van der Waals surface area (Å²) in [6.45, 7) is 11.9. The van der Waals surface area contributed by atoms with E-state index in [4.69, 9.17) is 9.97 Å². The molecule has 21 heavy (non-hydrogen) atoms. The molecule has 2 N–H and O–H groups in total. The molecule has 1 atom stereocenters. The summed E-state index contributed by atoms with van der Waals surface area (Å²) in [5.74, 6) is 4.34. The Morgan fingerprint density at radius 3 is 2.33 bits per heavy atom. The Morgan fingerprint density at radius 1 is 1.10 bits per heavy atom. The largest absolute Gasteiger partial charge is 0.370 e. The van der Waals surface area contributed by atoms with Gasteiger partial charge in [-0.05, 0) is 52.4 Å². The van der Waals surface area contributed by atoms with E-state index in [1.54, 1.807) is 0 Å². The molecule has 2 rings (SSSR count). The lowest BCUT2D eigenvalue weighted by molar-refractivity contribution is 0.527. The van der Waals surface area contributed by atoms with Gasteiger partial charge >= 0.3 is 0 Å². The van der Waals surface area contributed by atoms with Gasteiger partial charge in [0.25, 0.3) is 0 Å². The summed E-state index contributed by atoms with van der Waals surface area (Å²) in [6.07, 6.45) is 4.89. The maximum absolute atomic E-state index is 4.78. The number of hydrogen-bond donors (Lipinski definition) is 2. The molecule has 0 aliphatic heterocycles. The highest BCUT2D eigenvalue weighted by atomic mass is 15.1. The van der Waals surface area contributed by atoms with Crippen LogP contribution in [-0.4, -0.2) is 22.6 Å². The molecule has 1 saturated carbocycles. The summed E-state index contributed by atoms with van der Waals surface area (Å²) in [5, 5.41) is 6.97. The van der Waals surface area contributed by atoms with Crippen LogP contribution >= 0.6 is 0 Å².